The molecule has 4 nitrogen and oxygen atoms in total. The monoisotopic (exact) mass is 266 g/mol. The van der Waals surface area contributed by atoms with E-state index in [0.717, 1.165) is 5.56 Å². The van der Waals surface area contributed by atoms with Crippen LogP contribution in [-0.2, 0) is 11.2 Å². The molecular formula is C12H11FN2O2S. The first-order chi connectivity index (χ1) is 8.56. The molecule has 0 aliphatic rings. The van der Waals surface area contributed by atoms with Gasteiger partial charge in [-0.05, 0) is 24.3 Å². The smallest absolute Gasteiger partial charge is 0.320 e. The number of nitrogens with zero attached hydrogens (tertiary/aromatic N) is 1. The molecule has 94 valence electrons. The zero-order valence-corrected chi connectivity index (χ0v) is 10.2. The van der Waals surface area contributed by atoms with E-state index < -0.39 is 12.0 Å². The largest absolute Gasteiger partial charge is 0.480 e. The van der Waals surface area contributed by atoms with E-state index in [1.807, 2.05) is 0 Å². The Labute approximate surface area is 107 Å². The van der Waals surface area contributed by atoms with Gasteiger partial charge in [0.05, 0.1) is 10.7 Å². The summed E-state index contributed by atoms with van der Waals surface area (Å²) in [6.45, 7) is 0. The maximum atomic E-state index is 12.8. The van der Waals surface area contributed by atoms with E-state index in [2.05, 4.69) is 4.98 Å². The minimum absolute atomic E-state index is 0.196. The number of halogens is 1. The number of carbonyl (C=O) groups is 1. The predicted molar refractivity (Wildman–Crippen MR) is 66.8 cm³/mol. The molecule has 0 saturated carbocycles. The molecule has 0 radical (unpaired) electrons. The fourth-order valence-corrected chi connectivity index (χ4v) is 2.30. The van der Waals surface area contributed by atoms with Crippen molar-refractivity contribution in [3.05, 3.63) is 40.5 Å². The first-order valence-electron chi connectivity index (χ1n) is 5.25. The average Bonchev–Trinajstić information content (AvgIpc) is 2.78. The van der Waals surface area contributed by atoms with Crippen LogP contribution >= 0.6 is 11.3 Å². The van der Waals surface area contributed by atoms with Crippen molar-refractivity contribution in [2.45, 2.75) is 12.5 Å². The van der Waals surface area contributed by atoms with E-state index in [1.54, 1.807) is 17.5 Å². The van der Waals surface area contributed by atoms with E-state index in [1.165, 1.54) is 23.5 Å². The Balaban J connectivity index is 2.15. The molecule has 0 amide bonds. The lowest BCUT2D eigenvalue weighted by Crippen LogP contribution is -2.32. The Morgan fingerprint density at radius 3 is 2.72 bits per heavy atom. The number of thiazole rings is 1. The second-order valence-corrected chi connectivity index (χ2v) is 4.72. The van der Waals surface area contributed by atoms with Gasteiger partial charge < -0.3 is 10.8 Å². The molecule has 0 aliphatic carbocycles. The summed E-state index contributed by atoms with van der Waals surface area (Å²) in [5.41, 5.74) is 6.93. The van der Waals surface area contributed by atoms with E-state index >= 15 is 0 Å². The van der Waals surface area contributed by atoms with Crippen molar-refractivity contribution in [2.24, 2.45) is 5.73 Å². The van der Waals surface area contributed by atoms with Gasteiger partial charge in [0.15, 0.2) is 0 Å². The first-order valence-corrected chi connectivity index (χ1v) is 6.13. The molecule has 0 bridgehead atoms. The lowest BCUT2D eigenvalue weighted by Gasteiger charge is -2.02. The number of benzene rings is 1. The number of carboxylic acid groups (broad SMARTS) is 1. The van der Waals surface area contributed by atoms with Crippen molar-refractivity contribution in [3.8, 4) is 11.3 Å². The van der Waals surface area contributed by atoms with Gasteiger partial charge in [-0.15, -0.1) is 11.3 Å². The number of aliphatic carboxylic acids is 1. The summed E-state index contributed by atoms with van der Waals surface area (Å²) >= 11 is 1.35. The molecule has 3 N–H and O–H groups in total. The van der Waals surface area contributed by atoms with E-state index in [-0.39, 0.29) is 12.2 Å². The average molecular weight is 266 g/mol. The summed E-state index contributed by atoms with van der Waals surface area (Å²) in [5, 5.41) is 11.2. The van der Waals surface area contributed by atoms with Gasteiger partial charge in [-0.1, -0.05) is 0 Å². The van der Waals surface area contributed by atoms with Crippen LogP contribution in [0.15, 0.2) is 29.6 Å². The SMILES string of the molecule is NC(Cc1nc(-c2ccc(F)cc2)cs1)C(=O)O. The summed E-state index contributed by atoms with van der Waals surface area (Å²) in [7, 11) is 0. The fourth-order valence-electron chi connectivity index (χ4n) is 1.43. The maximum Gasteiger partial charge on any atom is 0.320 e. The third-order valence-electron chi connectivity index (χ3n) is 2.40. The highest BCUT2D eigenvalue weighted by molar-refractivity contribution is 7.10. The van der Waals surface area contributed by atoms with Crippen LogP contribution in [0.25, 0.3) is 11.3 Å². The molecule has 1 unspecified atom stereocenters. The van der Waals surface area contributed by atoms with E-state index in [4.69, 9.17) is 10.8 Å². The predicted octanol–water partition coefficient (Wildman–Crippen LogP) is 1.90. The second kappa shape index (κ2) is 5.24. The van der Waals surface area contributed by atoms with Gasteiger partial charge >= 0.3 is 5.97 Å². The van der Waals surface area contributed by atoms with Gasteiger partial charge in [0.25, 0.3) is 0 Å². The van der Waals surface area contributed by atoms with Gasteiger partial charge in [0, 0.05) is 17.4 Å². The lowest BCUT2D eigenvalue weighted by atomic mass is 10.2. The van der Waals surface area contributed by atoms with Crippen LogP contribution in [0.4, 0.5) is 4.39 Å². The van der Waals surface area contributed by atoms with Crippen LogP contribution in [0, 0.1) is 5.82 Å². The third kappa shape index (κ3) is 2.91. The molecular weight excluding hydrogens is 255 g/mol. The number of carboxylic acids is 1. The second-order valence-electron chi connectivity index (χ2n) is 3.78. The molecule has 2 aromatic rings. The Morgan fingerprint density at radius 1 is 1.44 bits per heavy atom. The van der Waals surface area contributed by atoms with Crippen molar-refractivity contribution < 1.29 is 14.3 Å². The number of hydrogen-bond acceptors (Lipinski definition) is 4. The molecule has 1 heterocycles. The van der Waals surface area contributed by atoms with Gasteiger partial charge in [0.1, 0.15) is 11.9 Å². The minimum atomic E-state index is -1.05. The zero-order chi connectivity index (χ0) is 13.1. The Hall–Kier alpha value is -1.79. The van der Waals surface area contributed by atoms with Gasteiger partial charge in [-0.2, -0.15) is 0 Å². The first kappa shape index (κ1) is 12.7. The lowest BCUT2D eigenvalue weighted by molar-refractivity contribution is -0.138. The fraction of sp³-hybridized carbons (Fsp3) is 0.167. The molecule has 1 aromatic carbocycles. The van der Waals surface area contributed by atoms with Gasteiger partial charge in [-0.3, -0.25) is 4.79 Å². The summed E-state index contributed by atoms with van der Waals surface area (Å²) in [6, 6.07) is 5.03. The Kier molecular flexibility index (Phi) is 3.69. The van der Waals surface area contributed by atoms with Crippen molar-refractivity contribution >= 4 is 17.3 Å². The third-order valence-corrected chi connectivity index (χ3v) is 3.27. The number of hydrogen-bond donors (Lipinski definition) is 2. The number of aromatic nitrogens is 1. The quantitative estimate of drug-likeness (QED) is 0.886. The highest BCUT2D eigenvalue weighted by atomic mass is 32.1. The zero-order valence-electron chi connectivity index (χ0n) is 9.34. The van der Waals surface area contributed by atoms with Crippen LogP contribution in [0.5, 0.6) is 0 Å². The van der Waals surface area contributed by atoms with Crippen LogP contribution in [0.2, 0.25) is 0 Å². The van der Waals surface area contributed by atoms with Gasteiger partial charge in [0.2, 0.25) is 0 Å². The highest BCUT2D eigenvalue weighted by Gasteiger charge is 2.14. The highest BCUT2D eigenvalue weighted by Crippen LogP contribution is 2.22. The van der Waals surface area contributed by atoms with Crippen molar-refractivity contribution in [1.29, 1.82) is 0 Å². The summed E-state index contributed by atoms with van der Waals surface area (Å²) in [4.78, 5) is 14.9. The number of nitrogens with two attached hydrogens (primary N) is 1. The maximum absolute atomic E-state index is 12.8. The van der Waals surface area contributed by atoms with Crippen LogP contribution in [-0.4, -0.2) is 22.1 Å². The molecule has 0 fully saturated rings. The molecule has 0 aliphatic heterocycles. The molecule has 18 heavy (non-hydrogen) atoms. The molecule has 1 aromatic heterocycles. The topological polar surface area (TPSA) is 76.2 Å². The summed E-state index contributed by atoms with van der Waals surface area (Å²) in [5.74, 6) is -1.35. The molecule has 6 heteroatoms. The molecule has 0 spiro atoms. The normalized spacial score (nSPS) is 12.3. The minimum Gasteiger partial charge on any atom is -0.480 e. The Bertz CT molecular complexity index is 553. The van der Waals surface area contributed by atoms with E-state index in [9.17, 15) is 9.18 Å². The van der Waals surface area contributed by atoms with Crippen LogP contribution < -0.4 is 5.73 Å². The van der Waals surface area contributed by atoms with Crippen LogP contribution in [0.1, 0.15) is 5.01 Å². The Morgan fingerprint density at radius 2 is 2.11 bits per heavy atom. The van der Waals surface area contributed by atoms with Crippen molar-refractivity contribution in [3.63, 3.8) is 0 Å². The molecule has 0 saturated heterocycles. The summed E-state index contributed by atoms with van der Waals surface area (Å²) in [6.07, 6.45) is 0.196. The summed E-state index contributed by atoms with van der Waals surface area (Å²) < 4.78 is 12.8. The van der Waals surface area contributed by atoms with Crippen molar-refractivity contribution in [1.82, 2.24) is 4.98 Å². The standard InChI is InChI=1S/C12H11FN2O2S/c13-8-3-1-7(2-4-8)10-6-18-11(15-10)5-9(14)12(16)17/h1-4,6,9H,5,14H2,(H,16,17). The van der Waals surface area contributed by atoms with E-state index in [0.29, 0.717) is 10.7 Å². The van der Waals surface area contributed by atoms with Gasteiger partial charge in [-0.25, -0.2) is 9.37 Å². The molecule has 2 rings (SSSR count). The van der Waals surface area contributed by atoms with Crippen molar-refractivity contribution in [2.75, 3.05) is 0 Å². The van der Waals surface area contributed by atoms with Crippen LogP contribution in [0.3, 0.4) is 0 Å². The number of rotatable bonds is 4. The molecule has 1 atom stereocenters.